The summed E-state index contributed by atoms with van der Waals surface area (Å²) in [5, 5.41) is 0. The van der Waals surface area contributed by atoms with E-state index in [9.17, 15) is 0 Å². The molecule has 82 valence electrons. The van der Waals surface area contributed by atoms with Crippen LogP contribution in [0.1, 0.15) is 11.5 Å². The lowest BCUT2D eigenvalue weighted by atomic mass is 10.0. The van der Waals surface area contributed by atoms with E-state index in [1.54, 1.807) is 12.7 Å². The molecule has 1 aromatic rings. The van der Waals surface area contributed by atoms with Gasteiger partial charge < -0.3 is 4.74 Å². The van der Waals surface area contributed by atoms with Gasteiger partial charge in [0.05, 0.1) is 6.61 Å². The van der Waals surface area contributed by atoms with Gasteiger partial charge in [-0.3, -0.25) is 0 Å². The van der Waals surface area contributed by atoms with Crippen LogP contribution in [0.5, 0.6) is 0 Å². The average molecular weight is 240 g/mol. The zero-order valence-corrected chi connectivity index (χ0v) is 10.6. The minimum atomic E-state index is 0.744. The number of fused-ring (bicyclic) bond motifs is 1. The van der Waals surface area contributed by atoms with Crippen LogP contribution in [0.3, 0.4) is 0 Å². The molecule has 0 amide bonds. The van der Waals surface area contributed by atoms with Gasteiger partial charge in [-0.2, -0.15) is 11.8 Å². The number of ether oxygens (including phenoxy) is 1. The maximum absolute atomic E-state index is 5.05. The summed E-state index contributed by atoms with van der Waals surface area (Å²) in [6.07, 6.45) is 0. The van der Waals surface area contributed by atoms with Gasteiger partial charge in [-0.05, 0) is 11.6 Å². The topological polar surface area (TPSA) is 9.23 Å². The van der Waals surface area contributed by atoms with Crippen molar-refractivity contribution in [2.45, 2.75) is 10.8 Å². The molecular formula is C12H16OS2. The van der Waals surface area contributed by atoms with Crippen molar-refractivity contribution in [3.05, 3.63) is 29.8 Å². The predicted octanol–water partition coefficient (Wildman–Crippen LogP) is 3.26. The highest BCUT2D eigenvalue weighted by atomic mass is 32.2. The summed E-state index contributed by atoms with van der Waals surface area (Å²) in [6.45, 7) is 0.867. The molecule has 1 aliphatic rings. The molecule has 0 spiro atoms. The fraction of sp³-hybridized carbons (Fsp3) is 0.500. The highest BCUT2D eigenvalue weighted by Gasteiger charge is 2.21. The molecular weight excluding hydrogens is 224 g/mol. The van der Waals surface area contributed by atoms with Crippen molar-refractivity contribution >= 4 is 23.5 Å². The largest absolute Gasteiger partial charge is 0.384 e. The van der Waals surface area contributed by atoms with E-state index in [1.165, 1.54) is 16.4 Å². The zero-order chi connectivity index (χ0) is 10.5. The van der Waals surface area contributed by atoms with E-state index in [0.717, 1.165) is 18.3 Å². The quantitative estimate of drug-likeness (QED) is 0.731. The van der Waals surface area contributed by atoms with E-state index in [1.807, 2.05) is 23.5 Å². The van der Waals surface area contributed by atoms with Crippen LogP contribution in [0.25, 0.3) is 0 Å². The molecule has 0 aromatic heterocycles. The average Bonchev–Trinajstić information content (AvgIpc) is 2.68. The monoisotopic (exact) mass is 240 g/mol. The van der Waals surface area contributed by atoms with E-state index in [0.29, 0.717) is 0 Å². The minimum Gasteiger partial charge on any atom is -0.384 e. The second kappa shape index (κ2) is 5.83. The van der Waals surface area contributed by atoms with Crippen LogP contribution in [0.2, 0.25) is 0 Å². The van der Waals surface area contributed by atoms with Gasteiger partial charge in [0.15, 0.2) is 0 Å². The Bertz CT molecular complexity index is 314. The molecule has 15 heavy (non-hydrogen) atoms. The molecule has 2 rings (SSSR count). The van der Waals surface area contributed by atoms with Crippen molar-refractivity contribution in [2.24, 2.45) is 0 Å². The number of thioether (sulfide) groups is 2. The van der Waals surface area contributed by atoms with Crippen LogP contribution in [-0.2, 0) is 4.74 Å². The SMILES string of the molecule is COCCSCC1CSc2ccccc21. The lowest BCUT2D eigenvalue weighted by Crippen LogP contribution is -2.02. The second-order valence-corrected chi connectivity index (χ2v) is 5.83. The lowest BCUT2D eigenvalue weighted by Gasteiger charge is -2.09. The fourth-order valence-corrected chi connectivity index (χ4v) is 4.17. The first kappa shape index (κ1) is 11.4. The van der Waals surface area contributed by atoms with Crippen molar-refractivity contribution in [3.8, 4) is 0 Å². The normalized spacial score (nSPS) is 19.1. The van der Waals surface area contributed by atoms with Gasteiger partial charge >= 0.3 is 0 Å². The van der Waals surface area contributed by atoms with Crippen LogP contribution in [0, 0.1) is 0 Å². The molecule has 0 bridgehead atoms. The van der Waals surface area contributed by atoms with Crippen molar-refractivity contribution in [3.63, 3.8) is 0 Å². The molecule has 1 nitrogen and oxygen atoms in total. The molecule has 0 aliphatic carbocycles. The van der Waals surface area contributed by atoms with Crippen molar-refractivity contribution in [2.75, 3.05) is 31.0 Å². The van der Waals surface area contributed by atoms with Gasteiger partial charge in [0.1, 0.15) is 0 Å². The predicted molar refractivity (Wildman–Crippen MR) is 69.1 cm³/mol. The third-order valence-corrected chi connectivity index (χ3v) is 4.89. The van der Waals surface area contributed by atoms with Crippen molar-refractivity contribution in [1.82, 2.24) is 0 Å². The smallest absolute Gasteiger partial charge is 0.0552 e. The Balaban J connectivity index is 1.85. The number of hydrogen-bond donors (Lipinski definition) is 0. The Morgan fingerprint density at radius 3 is 3.20 bits per heavy atom. The molecule has 1 unspecified atom stereocenters. The molecule has 0 saturated carbocycles. The third kappa shape index (κ3) is 2.92. The van der Waals surface area contributed by atoms with Gasteiger partial charge in [0.25, 0.3) is 0 Å². The van der Waals surface area contributed by atoms with Crippen LogP contribution in [0.15, 0.2) is 29.2 Å². The first-order valence-corrected chi connectivity index (χ1v) is 7.34. The number of rotatable bonds is 5. The standard InChI is InChI=1S/C12H16OS2/c1-13-6-7-14-8-10-9-15-12-5-3-2-4-11(10)12/h2-5,10H,6-9H2,1H3. The van der Waals surface area contributed by atoms with Crippen LogP contribution in [-0.4, -0.2) is 31.0 Å². The van der Waals surface area contributed by atoms with Crippen LogP contribution < -0.4 is 0 Å². The summed E-state index contributed by atoms with van der Waals surface area (Å²) in [5.74, 6) is 4.33. The summed E-state index contributed by atoms with van der Waals surface area (Å²) in [5.41, 5.74) is 1.55. The molecule has 3 heteroatoms. The first-order valence-electron chi connectivity index (χ1n) is 5.20. The van der Waals surface area contributed by atoms with E-state index in [4.69, 9.17) is 4.74 Å². The molecule has 1 aliphatic heterocycles. The number of methoxy groups -OCH3 is 1. The molecule has 0 fully saturated rings. The van der Waals surface area contributed by atoms with E-state index in [-0.39, 0.29) is 0 Å². The Hall–Kier alpha value is -0.120. The van der Waals surface area contributed by atoms with Gasteiger partial charge in [-0.25, -0.2) is 0 Å². The van der Waals surface area contributed by atoms with Gasteiger partial charge in [0, 0.05) is 35.2 Å². The molecule has 1 atom stereocenters. The molecule has 0 N–H and O–H groups in total. The van der Waals surface area contributed by atoms with Crippen LogP contribution in [0.4, 0.5) is 0 Å². The third-order valence-electron chi connectivity index (χ3n) is 2.55. The highest BCUT2D eigenvalue weighted by Crippen LogP contribution is 2.40. The maximum Gasteiger partial charge on any atom is 0.0552 e. The Morgan fingerprint density at radius 2 is 2.33 bits per heavy atom. The summed E-state index contributed by atoms with van der Waals surface area (Å²) in [4.78, 5) is 1.48. The second-order valence-electron chi connectivity index (χ2n) is 3.61. The van der Waals surface area contributed by atoms with Gasteiger partial charge in [0.2, 0.25) is 0 Å². The van der Waals surface area contributed by atoms with Crippen LogP contribution >= 0.6 is 23.5 Å². The van der Waals surface area contributed by atoms with E-state index in [2.05, 4.69) is 24.3 Å². The maximum atomic E-state index is 5.05. The van der Waals surface area contributed by atoms with Crippen molar-refractivity contribution < 1.29 is 4.74 Å². The zero-order valence-electron chi connectivity index (χ0n) is 8.94. The molecule has 0 saturated heterocycles. The Kier molecular flexibility index (Phi) is 4.42. The summed E-state index contributed by atoms with van der Waals surface area (Å²) < 4.78 is 5.05. The summed E-state index contributed by atoms with van der Waals surface area (Å²) in [7, 11) is 1.77. The molecule has 0 radical (unpaired) electrons. The first-order chi connectivity index (χ1) is 7.42. The Morgan fingerprint density at radius 1 is 1.47 bits per heavy atom. The Labute approximate surface area is 100.0 Å². The minimum absolute atomic E-state index is 0.744. The number of hydrogen-bond acceptors (Lipinski definition) is 3. The molecule has 1 aromatic carbocycles. The summed E-state index contributed by atoms with van der Waals surface area (Å²) >= 11 is 4.00. The van der Waals surface area contributed by atoms with Gasteiger partial charge in [-0.1, -0.05) is 18.2 Å². The van der Waals surface area contributed by atoms with E-state index >= 15 is 0 Å². The lowest BCUT2D eigenvalue weighted by molar-refractivity contribution is 0.218. The highest BCUT2D eigenvalue weighted by molar-refractivity contribution is 8.00. The van der Waals surface area contributed by atoms with E-state index < -0.39 is 0 Å². The number of benzene rings is 1. The van der Waals surface area contributed by atoms with Crippen molar-refractivity contribution in [1.29, 1.82) is 0 Å². The van der Waals surface area contributed by atoms with Gasteiger partial charge in [-0.15, -0.1) is 11.8 Å². The molecule has 1 heterocycles. The fourth-order valence-electron chi connectivity index (χ4n) is 1.74. The summed E-state index contributed by atoms with van der Waals surface area (Å²) in [6, 6.07) is 8.79.